The van der Waals surface area contributed by atoms with Crippen LogP contribution in [0.3, 0.4) is 0 Å². The minimum atomic E-state index is -0.475. The van der Waals surface area contributed by atoms with E-state index in [0.717, 1.165) is 25.7 Å². The molecule has 6 heteroatoms. The molecule has 3 N–H and O–H groups in total. The van der Waals surface area contributed by atoms with E-state index in [-0.39, 0.29) is 30.7 Å². The Morgan fingerprint density at radius 3 is 2.61 bits per heavy atom. The van der Waals surface area contributed by atoms with Gasteiger partial charge in [0.25, 0.3) is 0 Å². The molecule has 0 aromatic carbocycles. The Labute approximate surface area is 106 Å². The van der Waals surface area contributed by atoms with Gasteiger partial charge in [-0.1, -0.05) is 12.8 Å². The predicted molar refractivity (Wildman–Crippen MR) is 64.3 cm³/mol. The van der Waals surface area contributed by atoms with Gasteiger partial charge in [-0.05, 0) is 12.8 Å². The van der Waals surface area contributed by atoms with Crippen LogP contribution >= 0.6 is 0 Å². The van der Waals surface area contributed by atoms with Crippen LogP contribution in [0.5, 0.6) is 0 Å². The fraction of sp³-hybridized carbons (Fsp3) is 0.750. The maximum Gasteiger partial charge on any atom is 0.247 e. The van der Waals surface area contributed by atoms with E-state index in [9.17, 15) is 14.4 Å². The number of hydrogen-bond donors (Lipinski definition) is 2. The molecule has 1 aliphatic heterocycles. The van der Waals surface area contributed by atoms with Gasteiger partial charge in [0.05, 0.1) is 12.5 Å². The molecule has 0 spiro atoms. The van der Waals surface area contributed by atoms with Crippen molar-refractivity contribution in [3.63, 3.8) is 0 Å². The Kier molecular flexibility index (Phi) is 3.96. The Balaban J connectivity index is 1.89. The molecule has 2 rings (SSSR count). The molecule has 18 heavy (non-hydrogen) atoms. The molecule has 1 aliphatic carbocycles. The van der Waals surface area contributed by atoms with Crippen molar-refractivity contribution in [1.29, 1.82) is 0 Å². The second-order valence-corrected chi connectivity index (χ2v) is 4.97. The summed E-state index contributed by atoms with van der Waals surface area (Å²) in [5.41, 5.74) is 5.02. The Morgan fingerprint density at radius 2 is 2.00 bits per heavy atom. The topological polar surface area (TPSA) is 92.5 Å². The summed E-state index contributed by atoms with van der Waals surface area (Å²) >= 11 is 0. The summed E-state index contributed by atoms with van der Waals surface area (Å²) in [6.07, 6.45) is 4.40. The van der Waals surface area contributed by atoms with Crippen LogP contribution in [0.25, 0.3) is 0 Å². The van der Waals surface area contributed by atoms with Gasteiger partial charge in [0, 0.05) is 19.0 Å². The summed E-state index contributed by atoms with van der Waals surface area (Å²) in [4.78, 5) is 36.0. The highest BCUT2D eigenvalue weighted by Gasteiger charge is 2.42. The largest absolute Gasteiger partial charge is 0.370 e. The first-order valence-electron chi connectivity index (χ1n) is 6.47. The summed E-state index contributed by atoms with van der Waals surface area (Å²) in [5, 5.41) is 2.93. The number of carbonyl (C=O) groups excluding carboxylic acids is 3. The summed E-state index contributed by atoms with van der Waals surface area (Å²) in [7, 11) is 0. The molecule has 0 radical (unpaired) electrons. The number of rotatable bonds is 5. The van der Waals surface area contributed by atoms with Crippen molar-refractivity contribution < 1.29 is 14.4 Å². The molecule has 1 heterocycles. The molecule has 1 saturated heterocycles. The fourth-order valence-corrected chi connectivity index (χ4v) is 2.73. The first kappa shape index (κ1) is 13.0. The number of nitrogens with two attached hydrogens (primary N) is 1. The molecule has 6 nitrogen and oxygen atoms in total. The summed E-state index contributed by atoms with van der Waals surface area (Å²) in [5.74, 6) is -0.647. The Hall–Kier alpha value is -1.43. The van der Waals surface area contributed by atoms with E-state index in [0.29, 0.717) is 6.54 Å². The molecule has 0 aromatic heterocycles. The van der Waals surface area contributed by atoms with E-state index in [1.54, 1.807) is 0 Å². The lowest BCUT2D eigenvalue weighted by Crippen LogP contribution is -2.43. The van der Waals surface area contributed by atoms with Crippen molar-refractivity contribution in [1.82, 2.24) is 10.2 Å². The monoisotopic (exact) mass is 253 g/mol. The average molecular weight is 253 g/mol. The highest BCUT2D eigenvalue weighted by molar-refractivity contribution is 6.05. The van der Waals surface area contributed by atoms with Gasteiger partial charge in [-0.25, -0.2) is 0 Å². The minimum absolute atomic E-state index is 0.0907. The van der Waals surface area contributed by atoms with Gasteiger partial charge >= 0.3 is 0 Å². The zero-order chi connectivity index (χ0) is 13.1. The standard InChI is InChI=1S/C12H19N3O3/c13-10(16)5-6-14-9-7-11(17)15(12(9)18)8-3-1-2-4-8/h8-9,14H,1-7H2,(H2,13,16). The van der Waals surface area contributed by atoms with Gasteiger partial charge in [0.1, 0.15) is 0 Å². The predicted octanol–water partition coefficient (Wildman–Crippen LogP) is -0.479. The molecule has 3 amide bonds. The van der Waals surface area contributed by atoms with Crippen LogP contribution in [-0.4, -0.2) is 41.2 Å². The van der Waals surface area contributed by atoms with Crippen molar-refractivity contribution in [2.45, 2.75) is 50.6 Å². The molecule has 100 valence electrons. The average Bonchev–Trinajstić information content (AvgIpc) is 2.88. The third kappa shape index (κ3) is 2.69. The number of primary amides is 1. The molecule has 0 aromatic rings. The quantitative estimate of drug-likeness (QED) is 0.647. The van der Waals surface area contributed by atoms with Crippen LogP contribution in [0.2, 0.25) is 0 Å². The maximum atomic E-state index is 12.1. The second kappa shape index (κ2) is 5.48. The zero-order valence-electron chi connectivity index (χ0n) is 10.4. The first-order chi connectivity index (χ1) is 8.59. The number of nitrogens with one attached hydrogen (secondary N) is 1. The number of hydrogen-bond acceptors (Lipinski definition) is 4. The maximum absolute atomic E-state index is 12.1. The summed E-state index contributed by atoms with van der Waals surface area (Å²) < 4.78 is 0. The van der Waals surface area contributed by atoms with Crippen LogP contribution in [0, 0.1) is 0 Å². The molecule has 2 aliphatic rings. The van der Waals surface area contributed by atoms with Crippen LogP contribution < -0.4 is 11.1 Å². The Morgan fingerprint density at radius 1 is 1.33 bits per heavy atom. The number of likely N-dealkylation sites (tertiary alicyclic amines) is 1. The number of carbonyl (C=O) groups is 3. The fourth-order valence-electron chi connectivity index (χ4n) is 2.73. The SMILES string of the molecule is NC(=O)CCNC1CC(=O)N(C2CCCC2)C1=O. The summed E-state index contributed by atoms with van der Waals surface area (Å²) in [6, 6.07) is -0.384. The van der Waals surface area contributed by atoms with Gasteiger partial charge in [-0.15, -0.1) is 0 Å². The summed E-state index contributed by atoms with van der Waals surface area (Å²) in [6.45, 7) is 0.345. The van der Waals surface area contributed by atoms with E-state index in [2.05, 4.69) is 5.32 Å². The molecule has 2 fully saturated rings. The van der Waals surface area contributed by atoms with E-state index < -0.39 is 11.9 Å². The minimum Gasteiger partial charge on any atom is -0.370 e. The Bertz CT molecular complexity index is 364. The normalized spacial score (nSPS) is 25.1. The van der Waals surface area contributed by atoms with E-state index in [4.69, 9.17) is 5.73 Å². The van der Waals surface area contributed by atoms with Crippen LogP contribution in [-0.2, 0) is 14.4 Å². The highest BCUT2D eigenvalue weighted by Crippen LogP contribution is 2.28. The lowest BCUT2D eigenvalue weighted by atomic mass is 10.2. The van der Waals surface area contributed by atoms with Gasteiger partial charge in [-0.2, -0.15) is 0 Å². The van der Waals surface area contributed by atoms with Crippen molar-refractivity contribution in [3.05, 3.63) is 0 Å². The highest BCUT2D eigenvalue weighted by atomic mass is 16.2. The van der Waals surface area contributed by atoms with Gasteiger partial charge in [0.2, 0.25) is 17.7 Å². The number of imide groups is 1. The molecule has 1 unspecified atom stereocenters. The smallest absolute Gasteiger partial charge is 0.247 e. The van der Waals surface area contributed by atoms with E-state index in [1.165, 1.54) is 4.90 Å². The van der Waals surface area contributed by atoms with E-state index >= 15 is 0 Å². The molecule has 0 bridgehead atoms. The first-order valence-corrected chi connectivity index (χ1v) is 6.47. The van der Waals surface area contributed by atoms with Crippen molar-refractivity contribution in [3.8, 4) is 0 Å². The molecule has 1 saturated carbocycles. The molecule has 1 atom stereocenters. The lowest BCUT2D eigenvalue weighted by Gasteiger charge is -2.22. The number of nitrogens with zero attached hydrogens (tertiary/aromatic N) is 1. The van der Waals surface area contributed by atoms with Crippen LogP contribution in [0.15, 0.2) is 0 Å². The van der Waals surface area contributed by atoms with Gasteiger partial charge < -0.3 is 11.1 Å². The van der Waals surface area contributed by atoms with Crippen molar-refractivity contribution >= 4 is 17.7 Å². The second-order valence-electron chi connectivity index (χ2n) is 4.97. The third-order valence-corrected chi connectivity index (χ3v) is 3.63. The van der Waals surface area contributed by atoms with Crippen molar-refractivity contribution in [2.75, 3.05) is 6.54 Å². The lowest BCUT2D eigenvalue weighted by molar-refractivity contribution is -0.141. The van der Waals surface area contributed by atoms with Crippen LogP contribution in [0.1, 0.15) is 38.5 Å². The zero-order valence-corrected chi connectivity index (χ0v) is 10.4. The van der Waals surface area contributed by atoms with E-state index in [1.807, 2.05) is 0 Å². The molecular formula is C12H19N3O3. The third-order valence-electron chi connectivity index (χ3n) is 3.63. The molecular weight excluding hydrogens is 234 g/mol. The van der Waals surface area contributed by atoms with Crippen molar-refractivity contribution in [2.24, 2.45) is 5.73 Å². The number of amides is 3. The van der Waals surface area contributed by atoms with Crippen LogP contribution in [0.4, 0.5) is 0 Å². The van der Waals surface area contributed by atoms with Gasteiger partial charge in [0.15, 0.2) is 0 Å². The van der Waals surface area contributed by atoms with Gasteiger partial charge in [-0.3, -0.25) is 19.3 Å².